The molecule has 0 aromatic heterocycles. The fourth-order valence-electron chi connectivity index (χ4n) is 4.35. The number of fused-ring (bicyclic) bond motifs is 1. The lowest BCUT2D eigenvalue weighted by molar-refractivity contribution is 0.350. The first-order valence-electron chi connectivity index (χ1n) is 8.24. The summed E-state index contributed by atoms with van der Waals surface area (Å²) in [7, 11) is 0. The largest absolute Gasteiger partial charge is 0.364 e. The van der Waals surface area contributed by atoms with E-state index in [1.165, 1.54) is 49.9 Å². The molecule has 3 rings (SSSR count). The minimum atomic E-state index is 0.214. The zero-order valence-electron chi connectivity index (χ0n) is 12.9. The molecule has 2 aliphatic rings. The van der Waals surface area contributed by atoms with E-state index in [9.17, 15) is 0 Å². The van der Waals surface area contributed by atoms with Crippen LogP contribution in [0.25, 0.3) is 0 Å². The van der Waals surface area contributed by atoms with Gasteiger partial charge in [-0.1, -0.05) is 38.5 Å². The first kappa shape index (κ1) is 13.9. The monoisotopic (exact) mass is 272 g/mol. The third-order valence-electron chi connectivity index (χ3n) is 5.56. The summed E-state index contributed by atoms with van der Waals surface area (Å²) in [6.45, 7) is 6.67. The molecule has 2 nitrogen and oxygen atoms in total. The van der Waals surface area contributed by atoms with Crippen molar-refractivity contribution in [1.82, 2.24) is 0 Å². The maximum absolute atomic E-state index is 6.28. The summed E-state index contributed by atoms with van der Waals surface area (Å²) in [4.78, 5) is 2.67. The molecule has 1 fully saturated rings. The minimum absolute atomic E-state index is 0.214. The van der Waals surface area contributed by atoms with Gasteiger partial charge in [-0.25, -0.2) is 0 Å². The molecule has 3 unspecified atom stereocenters. The van der Waals surface area contributed by atoms with E-state index >= 15 is 0 Å². The highest BCUT2D eigenvalue weighted by Gasteiger charge is 2.44. The van der Waals surface area contributed by atoms with E-state index in [0.717, 1.165) is 18.4 Å². The minimum Gasteiger partial charge on any atom is -0.364 e. The maximum atomic E-state index is 6.28. The van der Waals surface area contributed by atoms with Crippen LogP contribution in [0.15, 0.2) is 24.3 Å². The molecule has 0 spiro atoms. The van der Waals surface area contributed by atoms with Crippen LogP contribution in [0.4, 0.5) is 5.69 Å². The lowest BCUT2D eigenvalue weighted by Gasteiger charge is -2.47. The molecular formula is C18H28N2. The van der Waals surface area contributed by atoms with Crippen molar-refractivity contribution in [3.8, 4) is 0 Å². The van der Waals surface area contributed by atoms with Crippen LogP contribution < -0.4 is 10.6 Å². The summed E-state index contributed by atoms with van der Waals surface area (Å²) in [6, 6.07) is 8.96. The number of nitrogens with zero attached hydrogens (tertiary/aromatic N) is 1. The van der Waals surface area contributed by atoms with Gasteiger partial charge in [-0.15, -0.1) is 0 Å². The molecule has 0 bridgehead atoms. The van der Waals surface area contributed by atoms with Crippen LogP contribution in [0.2, 0.25) is 0 Å². The number of benzene rings is 1. The Bertz CT molecular complexity index is 470. The summed E-state index contributed by atoms with van der Waals surface area (Å²) in [5.41, 5.74) is 9.46. The Kier molecular flexibility index (Phi) is 3.76. The van der Waals surface area contributed by atoms with Gasteiger partial charge in [0.05, 0.1) is 5.54 Å². The number of hydrogen-bond donors (Lipinski definition) is 1. The second-order valence-electron chi connectivity index (χ2n) is 6.99. The van der Waals surface area contributed by atoms with E-state index in [4.69, 9.17) is 5.73 Å². The van der Waals surface area contributed by atoms with Crippen LogP contribution in [0, 0.1) is 11.8 Å². The molecule has 110 valence electrons. The van der Waals surface area contributed by atoms with Gasteiger partial charge in [0, 0.05) is 18.8 Å². The predicted octanol–water partition coefficient (Wildman–Crippen LogP) is 3.59. The normalized spacial score (nSPS) is 33.2. The molecule has 0 saturated heterocycles. The van der Waals surface area contributed by atoms with Crippen LogP contribution in [-0.4, -0.2) is 18.6 Å². The molecular weight excluding hydrogens is 244 g/mol. The third kappa shape index (κ3) is 2.24. The number of anilines is 1. The molecule has 0 radical (unpaired) electrons. The highest BCUT2D eigenvalue weighted by atomic mass is 15.2. The Balaban J connectivity index is 1.96. The first-order chi connectivity index (χ1) is 9.68. The van der Waals surface area contributed by atoms with Crippen molar-refractivity contribution >= 4 is 5.69 Å². The Morgan fingerprint density at radius 1 is 1.35 bits per heavy atom. The van der Waals surface area contributed by atoms with Crippen molar-refractivity contribution < 1.29 is 0 Å². The SMILES string of the molecule is CCC1CCC(CN)(N2CC(C)Cc3ccccc32)C1. The van der Waals surface area contributed by atoms with Crippen LogP contribution in [0.1, 0.15) is 45.1 Å². The fraction of sp³-hybridized carbons (Fsp3) is 0.667. The van der Waals surface area contributed by atoms with E-state index in [2.05, 4.69) is 43.0 Å². The summed E-state index contributed by atoms with van der Waals surface area (Å²) in [5, 5.41) is 0. The molecule has 1 aromatic rings. The maximum Gasteiger partial charge on any atom is 0.0527 e. The predicted molar refractivity (Wildman–Crippen MR) is 86.1 cm³/mol. The first-order valence-corrected chi connectivity index (χ1v) is 8.24. The van der Waals surface area contributed by atoms with Crippen molar-refractivity contribution in [3.05, 3.63) is 29.8 Å². The standard InChI is InChI=1S/C18H28N2/c1-3-15-8-9-18(11-15,13-19)20-12-14(2)10-16-6-4-5-7-17(16)20/h4-7,14-15H,3,8-13,19H2,1-2H3. The molecule has 2 N–H and O–H groups in total. The quantitative estimate of drug-likeness (QED) is 0.911. The molecule has 3 atom stereocenters. The van der Waals surface area contributed by atoms with E-state index in [1.807, 2.05) is 0 Å². The summed E-state index contributed by atoms with van der Waals surface area (Å²) < 4.78 is 0. The zero-order valence-corrected chi connectivity index (χ0v) is 12.9. The Hall–Kier alpha value is -1.02. The molecule has 1 aliphatic heterocycles. The molecule has 1 aliphatic carbocycles. The van der Waals surface area contributed by atoms with Crippen molar-refractivity contribution in [3.63, 3.8) is 0 Å². The topological polar surface area (TPSA) is 29.3 Å². The summed E-state index contributed by atoms with van der Waals surface area (Å²) >= 11 is 0. The zero-order chi connectivity index (χ0) is 14.2. The van der Waals surface area contributed by atoms with Crippen molar-refractivity contribution in [2.24, 2.45) is 17.6 Å². The number of nitrogens with two attached hydrogens (primary N) is 1. The Labute approximate surface area is 123 Å². The molecule has 0 amide bonds. The van der Waals surface area contributed by atoms with Crippen molar-refractivity contribution in [2.45, 2.75) is 51.5 Å². The van der Waals surface area contributed by atoms with Gasteiger partial charge < -0.3 is 10.6 Å². The molecule has 1 aromatic carbocycles. The van der Waals surface area contributed by atoms with E-state index in [0.29, 0.717) is 0 Å². The average Bonchev–Trinajstić information content (AvgIpc) is 2.91. The van der Waals surface area contributed by atoms with Gasteiger partial charge in [-0.3, -0.25) is 0 Å². The van der Waals surface area contributed by atoms with Gasteiger partial charge in [-0.05, 0) is 49.1 Å². The van der Waals surface area contributed by atoms with Gasteiger partial charge >= 0.3 is 0 Å². The summed E-state index contributed by atoms with van der Waals surface area (Å²) in [6.07, 6.45) is 6.40. The number of rotatable bonds is 3. The molecule has 20 heavy (non-hydrogen) atoms. The smallest absolute Gasteiger partial charge is 0.0527 e. The van der Waals surface area contributed by atoms with Crippen LogP contribution in [0.3, 0.4) is 0 Å². The summed E-state index contributed by atoms with van der Waals surface area (Å²) in [5.74, 6) is 1.59. The highest BCUT2D eigenvalue weighted by molar-refractivity contribution is 5.58. The van der Waals surface area contributed by atoms with Gasteiger partial charge in [0.2, 0.25) is 0 Å². The number of para-hydroxylation sites is 1. The third-order valence-corrected chi connectivity index (χ3v) is 5.56. The van der Waals surface area contributed by atoms with Gasteiger partial charge in [-0.2, -0.15) is 0 Å². The average molecular weight is 272 g/mol. The van der Waals surface area contributed by atoms with Crippen LogP contribution in [0.5, 0.6) is 0 Å². The van der Waals surface area contributed by atoms with E-state index < -0.39 is 0 Å². The van der Waals surface area contributed by atoms with Crippen LogP contribution >= 0.6 is 0 Å². The van der Waals surface area contributed by atoms with Crippen LogP contribution in [-0.2, 0) is 6.42 Å². The molecule has 1 heterocycles. The lowest BCUT2D eigenvalue weighted by Crippen LogP contribution is -2.55. The van der Waals surface area contributed by atoms with E-state index in [-0.39, 0.29) is 5.54 Å². The highest BCUT2D eigenvalue weighted by Crippen LogP contribution is 2.45. The lowest BCUT2D eigenvalue weighted by atomic mass is 9.86. The molecule has 1 saturated carbocycles. The van der Waals surface area contributed by atoms with Gasteiger partial charge in [0.1, 0.15) is 0 Å². The van der Waals surface area contributed by atoms with Gasteiger partial charge in [0.25, 0.3) is 0 Å². The Morgan fingerprint density at radius 2 is 2.15 bits per heavy atom. The van der Waals surface area contributed by atoms with E-state index in [1.54, 1.807) is 0 Å². The van der Waals surface area contributed by atoms with Crippen molar-refractivity contribution in [1.29, 1.82) is 0 Å². The van der Waals surface area contributed by atoms with Gasteiger partial charge in [0.15, 0.2) is 0 Å². The fourth-order valence-corrected chi connectivity index (χ4v) is 4.35. The second kappa shape index (κ2) is 5.40. The molecule has 2 heteroatoms. The van der Waals surface area contributed by atoms with Crippen molar-refractivity contribution in [2.75, 3.05) is 18.0 Å². The number of hydrogen-bond acceptors (Lipinski definition) is 2. The second-order valence-corrected chi connectivity index (χ2v) is 6.99. The Morgan fingerprint density at radius 3 is 2.85 bits per heavy atom.